The molecule has 6 heteroatoms. The molecular weight excluding hydrogens is 363 g/mol. The van der Waals surface area contributed by atoms with Gasteiger partial charge in [-0.1, -0.05) is 36.7 Å². The van der Waals surface area contributed by atoms with E-state index in [0.717, 1.165) is 34.6 Å². The van der Waals surface area contributed by atoms with E-state index in [9.17, 15) is 4.39 Å². The van der Waals surface area contributed by atoms with Crippen molar-refractivity contribution in [3.05, 3.63) is 76.5 Å². The normalized spacial score (nSPS) is 12.5. The Morgan fingerprint density at radius 2 is 2.15 bits per heavy atom. The van der Waals surface area contributed by atoms with Gasteiger partial charge in [-0.25, -0.2) is 9.37 Å². The molecule has 2 aromatic rings. The van der Waals surface area contributed by atoms with Crippen molar-refractivity contribution < 1.29 is 4.39 Å². The van der Waals surface area contributed by atoms with E-state index in [1.54, 1.807) is 24.7 Å². The summed E-state index contributed by atoms with van der Waals surface area (Å²) in [6.45, 7) is 4.52. The quantitative estimate of drug-likeness (QED) is 0.594. The van der Waals surface area contributed by atoms with Crippen LogP contribution in [0.5, 0.6) is 0 Å². The molecule has 0 bridgehead atoms. The van der Waals surface area contributed by atoms with E-state index in [1.165, 1.54) is 12.1 Å². The van der Waals surface area contributed by atoms with Crippen LogP contribution in [0.3, 0.4) is 0 Å². The van der Waals surface area contributed by atoms with Gasteiger partial charge in [-0.3, -0.25) is 4.99 Å². The van der Waals surface area contributed by atoms with Crippen LogP contribution < -0.4 is 10.6 Å². The predicted octanol–water partition coefficient (Wildman–Crippen LogP) is 5.43. The average molecular weight is 387 g/mol. The maximum Gasteiger partial charge on any atom is 0.126 e. The molecule has 0 saturated heterocycles. The monoisotopic (exact) mass is 386 g/mol. The zero-order valence-electron chi connectivity index (χ0n) is 15.8. The maximum absolute atomic E-state index is 13.3. The Bertz CT molecular complexity index is 859. The molecule has 1 aromatic heterocycles. The molecule has 0 aliphatic carbocycles. The van der Waals surface area contributed by atoms with Crippen molar-refractivity contribution >= 4 is 29.2 Å². The molecule has 0 radical (unpaired) electrons. The highest BCUT2D eigenvalue weighted by atomic mass is 35.5. The van der Waals surface area contributed by atoms with Gasteiger partial charge < -0.3 is 10.6 Å². The minimum atomic E-state index is -0.238. The topological polar surface area (TPSA) is 49.3 Å². The van der Waals surface area contributed by atoms with Gasteiger partial charge in [-0.05, 0) is 42.7 Å². The number of hydrogen-bond donors (Lipinski definition) is 2. The van der Waals surface area contributed by atoms with Crippen LogP contribution in [-0.4, -0.2) is 18.2 Å². The molecular formula is C21H24ClFN4. The lowest BCUT2D eigenvalue weighted by Crippen LogP contribution is -2.13. The standard InChI is InChI=1S/C21H24ClFN4/c1-4-6-18(26-12-16-7-5-8-17(23)9-16)13-25-11-15(2)19-10-21(24-3)27-14-20(19)22/h5-11,13-14,26H,4,12H2,1-3H3,(H,24,27)/b15-11+,18-6-,25-13+. The summed E-state index contributed by atoms with van der Waals surface area (Å²) >= 11 is 6.23. The lowest BCUT2D eigenvalue weighted by Gasteiger charge is -2.08. The second-order valence-electron chi connectivity index (χ2n) is 5.94. The first kappa shape index (κ1) is 20.6. The molecule has 0 aliphatic rings. The van der Waals surface area contributed by atoms with Gasteiger partial charge >= 0.3 is 0 Å². The third-order valence-corrected chi connectivity index (χ3v) is 4.13. The fourth-order valence-corrected chi connectivity index (χ4v) is 2.67. The first-order chi connectivity index (χ1) is 13.0. The Kier molecular flexibility index (Phi) is 8.01. The summed E-state index contributed by atoms with van der Waals surface area (Å²) in [6, 6.07) is 8.42. The lowest BCUT2D eigenvalue weighted by molar-refractivity contribution is 0.624. The van der Waals surface area contributed by atoms with Gasteiger partial charge in [0.15, 0.2) is 0 Å². The number of aromatic nitrogens is 1. The van der Waals surface area contributed by atoms with Crippen LogP contribution in [-0.2, 0) is 6.54 Å². The van der Waals surface area contributed by atoms with E-state index in [4.69, 9.17) is 11.6 Å². The van der Waals surface area contributed by atoms with E-state index in [-0.39, 0.29) is 5.82 Å². The number of anilines is 1. The fraction of sp³-hybridized carbons (Fsp3) is 0.238. The van der Waals surface area contributed by atoms with Gasteiger partial charge in [0.2, 0.25) is 0 Å². The number of rotatable bonds is 8. The van der Waals surface area contributed by atoms with Crippen LogP contribution in [0.2, 0.25) is 5.02 Å². The van der Waals surface area contributed by atoms with Crippen molar-refractivity contribution in [3.8, 4) is 0 Å². The highest BCUT2D eigenvalue weighted by molar-refractivity contribution is 6.32. The van der Waals surface area contributed by atoms with Crippen molar-refractivity contribution in [2.45, 2.75) is 26.8 Å². The SMILES string of the molecule is CC/C=C(/C=N/C=C(\C)c1cc(NC)ncc1Cl)NCc1cccc(F)c1. The second kappa shape index (κ2) is 10.5. The van der Waals surface area contributed by atoms with E-state index >= 15 is 0 Å². The van der Waals surface area contributed by atoms with Crippen LogP contribution in [0.1, 0.15) is 31.4 Å². The van der Waals surface area contributed by atoms with Crippen molar-refractivity contribution in [2.24, 2.45) is 4.99 Å². The minimum absolute atomic E-state index is 0.238. The highest BCUT2D eigenvalue weighted by Crippen LogP contribution is 2.25. The van der Waals surface area contributed by atoms with E-state index < -0.39 is 0 Å². The van der Waals surface area contributed by atoms with Crippen molar-refractivity contribution in [1.82, 2.24) is 10.3 Å². The summed E-state index contributed by atoms with van der Waals surface area (Å²) in [7, 11) is 1.81. The number of halogens is 2. The summed E-state index contributed by atoms with van der Waals surface area (Å²) in [5, 5.41) is 6.85. The molecule has 0 fully saturated rings. The molecule has 0 unspecified atom stereocenters. The average Bonchev–Trinajstić information content (AvgIpc) is 2.66. The highest BCUT2D eigenvalue weighted by Gasteiger charge is 2.04. The van der Waals surface area contributed by atoms with Crippen molar-refractivity contribution in [1.29, 1.82) is 0 Å². The Hall–Kier alpha value is -2.66. The molecule has 0 amide bonds. The number of allylic oxidation sites excluding steroid dienone is 3. The summed E-state index contributed by atoms with van der Waals surface area (Å²) in [5.74, 6) is 0.507. The third-order valence-electron chi connectivity index (χ3n) is 3.83. The third kappa shape index (κ3) is 6.53. The van der Waals surface area contributed by atoms with Crippen LogP contribution in [0.25, 0.3) is 5.57 Å². The number of benzene rings is 1. The summed E-state index contributed by atoms with van der Waals surface area (Å²) in [6.07, 6.45) is 8.02. The van der Waals surface area contributed by atoms with E-state index in [1.807, 2.05) is 32.2 Å². The van der Waals surface area contributed by atoms with Gasteiger partial charge in [0, 0.05) is 43.5 Å². The Morgan fingerprint density at radius 1 is 1.33 bits per heavy atom. The summed E-state index contributed by atoms with van der Waals surface area (Å²) in [4.78, 5) is 8.58. The van der Waals surface area contributed by atoms with Crippen molar-refractivity contribution in [2.75, 3.05) is 12.4 Å². The molecule has 2 rings (SSSR count). The molecule has 27 heavy (non-hydrogen) atoms. The first-order valence-electron chi connectivity index (χ1n) is 8.75. The second-order valence-corrected chi connectivity index (χ2v) is 6.35. The molecule has 0 atom stereocenters. The van der Waals surface area contributed by atoms with Gasteiger partial charge in [0.25, 0.3) is 0 Å². The fourth-order valence-electron chi connectivity index (χ4n) is 2.42. The number of pyridine rings is 1. The van der Waals surface area contributed by atoms with E-state index in [2.05, 4.69) is 27.5 Å². The van der Waals surface area contributed by atoms with Crippen molar-refractivity contribution in [3.63, 3.8) is 0 Å². The van der Waals surface area contributed by atoms with Gasteiger partial charge in [-0.2, -0.15) is 0 Å². The minimum Gasteiger partial charge on any atom is -0.380 e. The van der Waals surface area contributed by atoms with Gasteiger partial charge in [0.1, 0.15) is 11.6 Å². The van der Waals surface area contributed by atoms with Crippen LogP contribution >= 0.6 is 11.6 Å². The molecule has 0 aliphatic heterocycles. The number of nitrogens with zero attached hydrogens (tertiary/aromatic N) is 2. The smallest absolute Gasteiger partial charge is 0.126 e. The Balaban J connectivity index is 2.08. The molecule has 0 spiro atoms. The Morgan fingerprint density at radius 3 is 2.85 bits per heavy atom. The zero-order valence-corrected chi connectivity index (χ0v) is 16.5. The molecule has 2 N–H and O–H groups in total. The van der Waals surface area contributed by atoms with Crippen LogP contribution in [0.15, 0.2) is 59.5 Å². The van der Waals surface area contributed by atoms with E-state index in [0.29, 0.717) is 11.6 Å². The maximum atomic E-state index is 13.3. The first-order valence-corrected chi connectivity index (χ1v) is 9.13. The lowest BCUT2D eigenvalue weighted by atomic mass is 10.1. The number of aliphatic imine (C=N–C) groups is 1. The van der Waals surface area contributed by atoms with Crippen LogP contribution in [0, 0.1) is 5.82 Å². The molecule has 142 valence electrons. The predicted molar refractivity (Wildman–Crippen MR) is 113 cm³/mol. The summed E-state index contributed by atoms with van der Waals surface area (Å²) < 4.78 is 13.3. The Labute approximate surface area is 164 Å². The van der Waals surface area contributed by atoms with Crippen LogP contribution in [0.4, 0.5) is 10.2 Å². The molecule has 1 heterocycles. The largest absolute Gasteiger partial charge is 0.380 e. The molecule has 0 saturated carbocycles. The van der Waals surface area contributed by atoms with Gasteiger partial charge in [0.05, 0.1) is 5.02 Å². The number of nitrogens with one attached hydrogen (secondary N) is 2. The molecule has 1 aromatic carbocycles. The molecule has 4 nitrogen and oxygen atoms in total. The number of hydrogen-bond acceptors (Lipinski definition) is 4. The zero-order chi connectivity index (χ0) is 19.6. The summed E-state index contributed by atoms with van der Waals surface area (Å²) in [5.41, 5.74) is 3.56. The van der Waals surface area contributed by atoms with Gasteiger partial charge in [-0.15, -0.1) is 0 Å².